The van der Waals surface area contributed by atoms with E-state index in [1.165, 1.54) is 29.7 Å². The van der Waals surface area contributed by atoms with Crippen molar-refractivity contribution >= 4 is 46.3 Å². The van der Waals surface area contributed by atoms with Gasteiger partial charge < -0.3 is 0 Å². The average molecular weight is 417 g/mol. The highest BCUT2D eigenvalue weighted by molar-refractivity contribution is 8.00. The third-order valence-electron chi connectivity index (χ3n) is 4.31. The van der Waals surface area contributed by atoms with Crippen LogP contribution in [0.15, 0.2) is 47.9 Å². The number of carbonyl (C=O) groups excluding carboxylic acids is 1. The molecule has 1 aliphatic carbocycles. The van der Waals surface area contributed by atoms with Gasteiger partial charge in [0, 0.05) is 18.0 Å². The van der Waals surface area contributed by atoms with E-state index >= 15 is 0 Å². The molecular formula is C19H14Cl2N4OS. The summed E-state index contributed by atoms with van der Waals surface area (Å²) in [5.41, 5.74) is 3.50. The Morgan fingerprint density at radius 1 is 1.22 bits per heavy atom. The number of aromatic nitrogens is 4. The maximum Gasteiger partial charge on any atom is 0.209 e. The quantitative estimate of drug-likeness (QED) is 0.600. The number of hydrogen-bond donors (Lipinski definition) is 1. The van der Waals surface area contributed by atoms with Gasteiger partial charge in [-0.1, -0.05) is 65.3 Å². The van der Waals surface area contributed by atoms with Crippen molar-refractivity contribution in [2.24, 2.45) is 0 Å². The number of allylic oxidation sites excluding steroid dienone is 2. The molecule has 1 atom stereocenters. The molecular weight excluding hydrogens is 403 g/mol. The molecule has 0 amide bonds. The van der Waals surface area contributed by atoms with Gasteiger partial charge in [-0.05, 0) is 24.5 Å². The van der Waals surface area contributed by atoms with Gasteiger partial charge in [0.25, 0.3) is 0 Å². The zero-order chi connectivity index (χ0) is 19.0. The molecule has 0 fully saturated rings. The highest BCUT2D eigenvalue weighted by Gasteiger charge is 2.26. The van der Waals surface area contributed by atoms with E-state index < -0.39 is 0 Å². The van der Waals surface area contributed by atoms with Crippen molar-refractivity contribution in [2.75, 3.05) is 0 Å². The van der Waals surface area contributed by atoms with Crippen LogP contribution in [-0.4, -0.2) is 31.2 Å². The van der Waals surface area contributed by atoms with Crippen LogP contribution in [-0.2, 0) is 11.2 Å². The number of fused-ring (bicyclic) bond motifs is 1. The Bertz CT molecular complexity index is 1040. The van der Waals surface area contributed by atoms with Crippen molar-refractivity contribution in [2.45, 2.75) is 23.8 Å². The molecule has 4 rings (SSSR count). The molecule has 3 aromatic rings. The highest BCUT2D eigenvalue weighted by atomic mass is 35.5. The molecule has 136 valence electrons. The number of halogens is 2. The van der Waals surface area contributed by atoms with Crippen LogP contribution >= 0.6 is 35.0 Å². The van der Waals surface area contributed by atoms with E-state index in [2.05, 4.69) is 20.2 Å². The van der Waals surface area contributed by atoms with Gasteiger partial charge in [-0.15, -0.1) is 5.10 Å². The first-order valence-electron chi connectivity index (χ1n) is 8.25. The average Bonchev–Trinajstić information content (AvgIpc) is 3.28. The first-order valence-corrected chi connectivity index (χ1v) is 9.89. The normalized spacial score (nSPS) is 14.0. The minimum atomic E-state index is -0.325. The maximum absolute atomic E-state index is 12.9. The Kier molecular flexibility index (Phi) is 5.04. The van der Waals surface area contributed by atoms with Crippen LogP contribution in [0.4, 0.5) is 0 Å². The number of Topliss-reactive ketones (excluding diaryl/α,β-unsaturated/α-hetero) is 1. The standard InChI is InChI=1S/C19H14Cl2N4OS/c1-10(17(26)13-7-6-11-4-2-3-5-12(11)13)27-19-23-18(24-25-19)16-14(20)8-22-9-15(16)21/h2-5,7-10H,6H2,1H3,(H,23,24,25)/t10-/m1/s1. The minimum absolute atomic E-state index is 0.0660. The number of benzene rings is 1. The summed E-state index contributed by atoms with van der Waals surface area (Å²) in [6.45, 7) is 1.86. The highest BCUT2D eigenvalue weighted by Crippen LogP contribution is 2.34. The van der Waals surface area contributed by atoms with E-state index in [0.717, 1.165) is 17.6 Å². The molecule has 1 N–H and O–H groups in total. The van der Waals surface area contributed by atoms with Gasteiger partial charge in [0.05, 0.1) is 20.9 Å². The molecule has 0 spiro atoms. The molecule has 1 aromatic carbocycles. The zero-order valence-corrected chi connectivity index (χ0v) is 16.6. The number of hydrogen-bond acceptors (Lipinski definition) is 5. The van der Waals surface area contributed by atoms with Crippen molar-refractivity contribution in [3.63, 3.8) is 0 Å². The van der Waals surface area contributed by atoms with Gasteiger partial charge in [-0.2, -0.15) is 0 Å². The van der Waals surface area contributed by atoms with E-state index in [1.54, 1.807) is 0 Å². The lowest BCUT2D eigenvalue weighted by atomic mass is 10.0. The molecule has 8 heteroatoms. The Labute approximate surface area is 170 Å². The molecule has 2 heterocycles. The number of pyridine rings is 1. The summed E-state index contributed by atoms with van der Waals surface area (Å²) in [5, 5.41) is 7.91. The summed E-state index contributed by atoms with van der Waals surface area (Å²) in [7, 11) is 0. The molecule has 0 bridgehead atoms. The first kappa shape index (κ1) is 18.2. The SMILES string of the molecule is C[C@@H](Sc1n[nH]c(-c2c(Cl)cncc2Cl)n1)C(=O)C1=CCc2ccccc21. The van der Waals surface area contributed by atoms with E-state index in [4.69, 9.17) is 23.2 Å². The fourth-order valence-electron chi connectivity index (χ4n) is 3.00. The molecule has 5 nitrogen and oxygen atoms in total. The minimum Gasteiger partial charge on any atom is -0.293 e. The largest absolute Gasteiger partial charge is 0.293 e. The summed E-state index contributed by atoms with van der Waals surface area (Å²) < 4.78 is 0. The second kappa shape index (κ2) is 7.46. The molecule has 27 heavy (non-hydrogen) atoms. The summed E-state index contributed by atoms with van der Waals surface area (Å²) in [5.74, 6) is 0.510. The van der Waals surface area contributed by atoms with Crippen LogP contribution in [0.3, 0.4) is 0 Å². The molecule has 0 saturated heterocycles. The van der Waals surface area contributed by atoms with E-state index in [9.17, 15) is 4.79 Å². The maximum atomic E-state index is 12.9. The lowest BCUT2D eigenvalue weighted by molar-refractivity contribution is -0.113. The fourth-order valence-corrected chi connectivity index (χ4v) is 4.33. The van der Waals surface area contributed by atoms with Crippen LogP contribution in [0.1, 0.15) is 18.1 Å². The predicted octanol–water partition coefficient (Wildman–Crippen LogP) is 4.86. The molecule has 0 aliphatic heterocycles. The second-order valence-corrected chi connectivity index (χ2v) is 8.17. The van der Waals surface area contributed by atoms with Crippen molar-refractivity contribution in [3.8, 4) is 11.4 Å². The van der Waals surface area contributed by atoms with Gasteiger partial charge in [0.1, 0.15) is 0 Å². The van der Waals surface area contributed by atoms with Crippen LogP contribution < -0.4 is 0 Å². The Morgan fingerprint density at radius 3 is 2.74 bits per heavy atom. The molecule has 0 radical (unpaired) electrons. The number of ketones is 1. The number of carbonyl (C=O) groups is 1. The summed E-state index contributed by atoms with van der Waals surface area (Å²) >= 11 is 13.6. The van der Waals surface area contributed by atoms with Crippen molar-refractivity contribution in [1.29, 1.82) is 0 Å². The lowest BCUT2D eigenvalue weighted by Gasteiger charge is -2.10. The Hall–Kier alpha value is -2.15. The number of nitrogens with zero attached hydrogens (tertiary/aromatic N) is 3. The van der Waals surface area contributed by atoms with Crippen LogP contribution in [0.25, 0.3) is 17.0 Å². The Morgan fingerprint density at radius 2 is 1.96 bits per heavy atom. The topological polar surface area (TPSA) is 71.5 Å². The third-order valence-corrected chi connectivity index (χ3v) is 5.84. The molecule has 1 aliphatic rings. The lowest BCUT2D eigenvalue weighted by Crippen LogP contribution is -2.14. The van der Waals surface area contributed by atoms with Crippen LogP contribution in [0, 0.1) is 0 Å². The fraction of sp³-hybridized carbons (Fsp3) is 0.158. The van der Waals surface area contributed by atoms with Crippen LogP contribution in [0.5, 0.6) is 0 Å². The number of aromatic amines is 1. The number of H-pyrrole nitrogens is 1. The third kappa shape index (κ3) is 3.52. The first-order chi connectivity index (χ1) is 13.0. The monoisotopic (exact) mass is 416 g/mol. The number of thioether (sulfide) groups is 1. The molecule has 0 unspecified atom stereocenters. The van der Waals surface area contributed by atoms with E-state index in [0.29, 0.717) is 26.6 Å². The van der Waals surface area contributed by atoms with Crippen molar-refractivity contribution in [1.82, 2.24) is 20.2 Å². The van der Waals surface area contributed by atoms with Gasteiger partial charge in [0.15, 0.2) is 11.6 Å². The molecule has 0 saturated carbocycles. The van der Waals surface area contributed by atoms with Crippen molar-refractivity contribution < 1.29 is 4.79 Å². The van der Waals surface area contributed by atoms with Crippen LogP contribution in [0.2, 0.25) is 10.0 Å². The summed E-state index contributed by atoms with van der Waals surface area (Å²) in [4.78, 5) is 21.2. The summed E-state index contributed by atoms with van der Waals surface area (Å²) in [6, 6.07) is 7.98. The number of nitrogens with one attached hydrogen (secondary N) is 1. The predicted molar refractivity (Wildman–Crippen MR) is 108 cm³/mol. The molecule has 2 aromatic heterocycles. The van der Waals surface area contributed by atoms with Gasteiger partial charge >= 0.3 is 0 Å². The van der Waals surface area contributed by atoms with Gasteiger partial charge in [-0.3, -0.25) is 14.9 Å². The van der Waals surface area contributed by atoms with E-state index in [-0.39, 0.29) is 11.0 Å². The van der Waals surface area contributed by atoms with E-state index in [1.807, 2.05) is 37.3 Å². The second-order valence-electron chi connectivity index (χ2n) is 6.05. The smallest absolute Gasteiger partial charge is 0.209 e. The van der Waals surface area contributed by atoms with Gasteiger partial charge in [0.2, 0.25) is 5.16 Å². The van der Waals surface area contributed by atoms with Crippen molar-refractivity contribution in [3.05, 3.63) is 63.9 Å². The zero-order valence-electron chi connectivity index (χ0n) is 14.2. The number of rotatable bonds is 5. The van der Waals surface area contributed by atoms with Gasteiger partial charge in [-0.25, -0.2) is 4.98 Å². The Balaban J connectivity index is 1.52. The summed E-state index contributed by atoms with van der Waals surface area (Å²) in [6.07, 6.45) is 5.77.